The van der Waals surface area contributed by atoms with E-state index < -0.39 is 0 Å². The van der Waals surface area contributed by atoms with Crippen LogP contribution in [0.5, 0.6) is 0 Å². The minimum Gasteiger partial charge on any atom is -0.0616 e. The third kappa shape index (κ3) is 1.89. The lowest BCUT2D eigenvalue weighted by atomic mass is 9.89. The van der Waals surface area contributed by atoms with Crippen LogP contribution in [0.1, 0.15) is 11.1 Å². The number of hydrogen-bond donors (Lipinski definition) is 0. The zero-order chi connectivity index (χ0) is 18.9. The van der Waals surface area contributed by atoms with Crippen LogP contribution in [0.3, 0.4) is 0 Å². The molecule has 29 heavy (non-hydrogen) atoms. The predicted molar refractivity (Wildman–Crippen MR) is 124 cm³/mol. The molecule has 0 N–H and O–H groups in total. The largest absolute Gasteiger partial charge is 0.0616 e. The molecule has 1 aliphatic carbocycles. The highest BCUT2D eigenvalue weighted by molar-refractivity contribution is 6.25. The molecule has 6 aromatic rings. The van der Waals surface area contributed by atoms with Gasteiger partial charge in [0.2, 0.25) is 0 Å². The standard InChI is InChI=1S/C29H17/c1-3-13-22-18(9-1)20-11-5-7-15-24(20)28-26(22)17-27-23-14-4-2-10-19(23)21-12-6-8-16-25(21)29(27)28/h1-17H. The summed E-state index contributed by atoms with van der Waals surface area (Å²) < 4.78 is 0. The Labute approximate surface area is 169 Å². The van der Waals surface area contributed by atoms with Gasteiger partial charge in [-0.15, -0.1) is 0 Å². The Bertz CT molecular complexity index is 1500. The summed E-state index contributed by atoms with van der Waals surface area (Å²) in [7, 11) is 0. The SMILES string of the molecule is [CH]1c2c(c3ccccc3c3ccccc23)-c2c1c1ccccc1c1ccccc21. The van der Waals surface area contributed by atoms with E-state index in [0.717, 1.165) is 0 Å². The fourth-order valence-corrected chi connectivity index (χ4v) is 5.32. The van der Waals surface area contributed by atoms with Gasteiger partial charge in [0.15, 0.2) is 0 Å². The van der Waals surface area contributed by atoms with Gasteiger partial charge in [-0.3, -0.25) is 0 Å². The van der Waals surface area contributed by atoms with Crippen molar-refractivity contribution in [1.29, 1.82) is 0 Å². The Morgan fingerprint density at radius 2 is 0.552 bits per heavy atom. The van der Waals surface area contributed by atoms with E-state index in [1.165, 1.54) is 65.3 Å². The van der Waals surface area contributed by atoms with Crippen molar-refractivity contribution in [2.45, 2.75) is 0 Å². The molecular formula is C29H17. The van der Waals surface area contributed by atoms with E-state index >= 15 is 0 Å². The van der Waals surface area contributed by atoms with Gasteiger partial charge in [-0.25, -0.2) is 0 Å². The molecule has 0 aliphatic heterocycles. The normalized spacial score (nSPS) is 12.7. The van der Waals surface area contributed by atoms with E-state index in [1.54, 1.807) is 0 Å². The molecule has 6 aromatic carbocycles. The summed E-state index contributed by atoms with van der Waals surface area (Å²) in [5.74, 6) is 0. The minimum atomic E-state index is 1.33. The fourth-order valence-electron chi connectivity index (χ4n) is 5.32. The molecule has 1 radical (unpaired) electrons. The van der Waals surface area contributed by atoms with Gasteiger partial charge in [0, 0.05) is 6.42 Å². The summed E-state index contributed by atoms with van der Waals surface area (Å²) in [4.78, 5) is 0. The van der Waals surface area contributed by atoms with Crippen molar-refractivity contribution < 1.29 is 0 Å². The number of fused-ring (bicyclic) bond motifs is 13. The predicted octanol–water partition coefficient (Wildman–Crippen LogP) is 7.88. The van der Waals surface area contributed by atoms with Crippen molar-refractivity contribution in [2.75, 3.05) is 0 Å². The van der Waals surface area contributed by atoms with Gasteiger partial charge in [0.25, 0.3) is 0 Å². The first-order valence-corrected chi connectivity index (χ1v) is 10.1. The van der Waals surface area contributed by atoms with Crippen molar-refractivity contribution in [1.82, 2.24) is 0 Å². The first kappa shape index (κ1) is 15.3. The van der Waals surface area contributed by atoms with Crippen LogP contribution in [0.4, 0.5) is 0 Å². The summed E-state index contributed by atoms with van der Waals surface area (Å²) >= 11 is 0. The average Bonchev–Trinajstić information content (AvgIpc) is 3.21. The Morgan fingerprint density at radius 1 is 0.276 bits per heavy atom. The van der Waals surface area contributed by atoms with E-state index in [2.05, 4.69) is 103 Å². The van der Waals surface area contributed by atoms with Crippen molar-refractivity contribution >= 4 is 43.1 Å². The lowest BCUT2D eigenvalue weighted by molar-refractivity contribution is 1.62. The molecule has 0 atom stereocenters. The number of benzene rings is 6. The van der Waals surface area contributed by atoms with Gasteiger partial charge in [0.05, 0.1) is 0 Å². The number of hydrogen-bond acceptors (Lipinski definition) is 0. The van der Waals surface area contributed by atoms with Crippen LogP contribution in [0.25, 0.3) is 54.2 Å². The second-order valence-electron chi connectivity index (χ2n) is 7.90. The van der Waals surface area contributed by atoms with E-state index in [-0.39, 0.29) is 0 Å². The zero-order valence-electron chi connectivity index (χ0n) is 15.8. The maximum atomic E-state index is 2.42. The van der Waals surface area contributed by atoms with Gasteiger partial charge in [0.1, 0.15) is 0 Å². The fraction of sp³-hybridized carbons (Fsp3) is 0. The molecule has 0 spiro atoms. The van der Waals surface area contributed by atoms with Crippen LogP contribution >= 0.6 is 0 Å². The molecule has 0 aromatic heterocycles. The first-order chi connectivity index (χ1) is 14.4. The van der Waals surface area contributed by atoms with Crippen molar-refractivity contribution in [3.05, 3.63) is 115 Å². The average molecular weight is 365 g/mol. The van der Waals surface area contributed by atoms with Gasteiger partial charge >= 0.3 is 0 Å². The smallest absolute Gasteiger partial charge is 0.0225 e. The highest BCUT2D eigenvalue weighted by Gasteiger charge is 2.28. The summed E-state index contributed by atoms with van der Waals surface area (Å²) in [5.41, 5.74) is 5.49. The van der Waals surface area contributed by atoms with Crippen molar-refractivity contribution in [3.63, 3.8) is 0 Å². The van der Waals surface area contributed by atoms with Crippen molar-refractivity contribution in [3.8, 4) is 11.1 Å². The highest BCUT2D eigenvalue weighted by Crippen LogP contribution is 2.51. The maximum absolute atomic E-state index is 2.42. The summed E-state index contributed by atoms with van der Waals surface area (Å²) in [6, 6.07) is 35.4. The molecule has 0 heteroatoms. The van der Waals surface area contributed by atoms with E-state index in [4.69, 9.17) is 0 Å². The third-order valence-corrected chi connectivity index (χ3v) is 6.48. The van der Waals surface area contributed by atoms with Gasteiger partial charge in [-0.1, -0.05) is 97.1 Å². The lowest BCUT2D eigenvalue weighted by Gasteiger charge is -2.14. The van der Waals surface area contributed by atoms with Crippen LogP contribution in [-0.2, 0) is 0 Å². The quantitative estimate of drug-likeness (QED) is 0.240. The molecule has 0 nitrogen and oxygen atoms in total. The second kappa shape index (κ2) is 5.46. The first-order valence-electron chi connectivity index (χ1n) is 10.1. The molecular weight excluding hydrogens is 348 g/mol. The molecule has 0 fully saturated rings. The van der Waals surface area contributed by atoms with Crippen molar-refractivity contribution in [2.24, 2.45) is 0 Å². The second-order valence-corrected chi connectivity index (χ2v) is 7.90. The summed E-state index contributed by atoms with van der Waals surface area (Å²) in [6.45, 7) is 0. The summed E-state index contributed by atoms with van der Waals surface area (Å²) in [6.07, 6.45) is 2.42. The van der Waals surface area contributed by atoms with Crippen LogP contribution < -0.4 is 0 Å². The van der Waals surface area contributed by atoms with Gasteiger partial charge in [-0.05, 0) is 65.3 Å². The molecule has 7 rings (SSSR count). The monoisotopic (exact) mass is 365 g/mol. The van der Waals surface area contributed by atoms with E-state index in [9.17, 15) is 0 Å². The molecule has 0 saturated heterocycles. The topological polar surface area (TPSA) is 0 Å². The Morgan fingerprint density at radius 3 is 0.931 bits per heavy atom. The molecule has 0 amide bonds. The Hall–Kier alpha value is -3.64. The summed E-state index contributed by atoms with van der Waals surface area (Å²) in [5, 5.41) is 10.7. The van der Waals surface area contributed by atoms with Crippen LogP contribution in [0.15, 0.2) is 97.1 Å². The molecule has 0 unspecified atom stereocenters. The van der Waals surface area contributed by atoms with Crippen LogP contribution in [-0.4, -0.2) is 0 Å². The van der Waals surface area contributed by atoms with E-state index in [1.807, 2.05) is 0 Å². The Kier molecular flexibility index (Phi) is 2.88. The Balaban J connectivity index is 1.80. The van der Waals surface area contributed by atoms with Gasteiger partial charge < -0.3 is 0 Å². The highest BCUT2D eigenvalue weighted by atomic mass is 14.3. The molecule has 0 heterocycles. The molecule has 0 bridgehead atoms. The maximum Gasteiger partial charge on any atom is 0.0225 e. The third-order valence-electron chi connectivity index (χ3n) is 6.48. The van der Waals surface area contributed by atoms with E-state index in [0.29, 0.717) is 0 Å². The molecule has 133 valence electrons. The lowest BCUT2D eigenvalue weighted by Crippen LogP contribution is -1.88. The van der Waals surface area contributed by atoms with Crippen LogP contribution in [0, 0.1) is 6.42 Å². The number of rotatable bonds is 0. The molecule has 0 saturated carbocycles. The van der Waals surface area contributed by atoms with Gasteiger partial charge in [-0.2, -0.15) is 0 Å². The zero-order valence-corrected chi connectivity index (χ0v) is 15.8. The molecule has 1 aliphatic rings. The minimum absolute atomic E-state index is 1.33. The van der Waals surface area contributed by atoms with Crippen LogP contribution in [0.2, 0.25) is 0 Å².